The number of hydrogen-bond donors (Lipinski definition) is 0. The fraction of sp³-hybridized carbons (Fsp3) is 0.833. The van der Waals surface area contributed by atoms with E-state index in [1.165, 1.54) is 20.3 Å². The van der Waals surface area contributed by atoms with Crippen molar-refractivity contribution in [2.75, 3.05) is 20.4 Å². The van der Waals surface area contributed by atoms with E-state index in [0.29, 0.717) is 6.17 Å². The average Bonchev–Trinajstić information content (AvgIpc) is 2.12. The molecule has 0 spiro atoms. The third kappa shape index (κ3) is 4.37. The molecule has 0 rings (SSSR count). The first-order valence-corrected chi connectivity index (χ1v) is 5.04. The minimum atomic E-state index is -0.995. The van der Waals surface area contributed by atoms with E-state index < -0.39 is 15.7 Å². The lowest BCUT2D eigenvalue weighted by atomic mass is 10.7. The lowest BCUT2D eigenvalue weighted by Crippen LogP contribution is -2.35. The summed E-state index contributed by atoms with van der Waals surface area (Å²) in [6.07, 6.45) is 1.83. The highest BCUT2D eigenvalue weighted by Crippen LogP contribution is 2.09. The Morgan fingerprint density at radius 3 is 2.50 bits per heavy atom. The van der Waals surface area contributed by atoms with Crippen LogP contribution in [-0.4, -0.2) is 42.2 Å². The molecule has 0 aromatic heterocycles. The molecule has 0 aromatic carbocycles. The normalized spacial score (nSPS) is 11.9. The molecule has 0 amide bonds. The number of nitrogens with zero attached hydrogens (tertiary/aromatic N) is 1. The summed E-state index contributed by atoms with van der Waals surface area (Å²) in [5.41, 5.74) is 0. The van der Waals surface area contributed by atoms with Gasteiger partial charge in [-0.3, -0.25) is 0 Å². The summed E-state index contributed by atoms with van der Waals surface area (Å²) in [4.78, 5) is 13.0. The van der Waals surface area contributed by atoms with Crippen LogP contribution in [0.4, 0.5) is 0 Å². The van der Waals surface area contributed by atoms with Gasteiger partial charge in [-0.1, -0.05) is 0 Å². The molecule has 0 saturated carbocycles. The molecule has 0 unspecified atom stereocenters. The van der Waals surface area contributed by atoms with Crippen molar-refractivity contribution in [2.24, 2.45) is 4.99 Å². The van der Waals surface area contributed by atoms with E-state index in [1.54, 1.807) is 6.92 Å². The van der Waals surface area contributed by atoms with Gasteiger partial charge in [0.2, 0.25) is 6.08 Å². The van der Waals surface area contributed by atoms with Crippen LogP contribution in [-0.2, 0) is 18.7 Å². The molecular weight excluding hydrogens is 178 g/mol. The number of rotatable bonds is 6. The topological polar surface area (TPSA) is 57.1 Å². The van der Waals surface area contributed by atoms with Crippen LogP contribution in [0.15, 0.2) is 4.99 Å². The standard InChI is InChI=1S/C6H13NO4Si/c1-6(9-2,10-3)11-12-5-7-4-8/h5,12H2,1-3H3. The van der Waals surface area contributed by atoms with Gasteiger partial charge in [0.1, 0.15) is 0 Å². The first-order chi connectivity index (χ1) is 5.68. The van der Waals surface area contributed by atoms with Gasteiger partial charge < -0.3 is 13.9 Å². The highest BCUT2D eigenvalue weighted by Gasteiger charge is 2.22. The van der Waals surface area contributed by atoms with Crippen molar-refractivity contribution >= 4 is 15.8 Å². The zero-order chi connectivity index (χ0) is 9.45. The van der Waals surface area contributed by atoms with Crippen LogP contribution in [0, 0.1) is 0 Å². The maximum absolute atomic E-state index is 9.68. The first kappa shape index (κ1) is 11.5. The number of carbonyl (C=O) groups excluding carboxylic acids is 1. The van der Waals surface area contributed by atoms with Crippen LogP contribution in [0.1, 0.15) is 6.92 Å². The Kier molecular flexibility index (Phi) is 5.78. The van der Waals surface area contributed by atoms with E-state index in [2.05, 4.69) is 4.99 Å². The maximum atomic E-state index is 9.68. The van der Waals surface area contributed by atoms with Crippen molar-refractivity contribution in [2.45, 2.75) is 12.9 Å². The summed E-state index contributed by atoms with van der Waals surface area (Å²) in [7, 11) is 2.07. The molecule has 0 heterocycles. The predicted octanol–water partition coefficient (Wildman–Crippen LogP) is -0.653. The molecular formula is C6H13NO4Si. The average molecular weight is 191 g/mol. The van der Waals surface area contributed by atoms with Gasteiger partial charge in [-0.25, -0.2) is 9.79 Å². The first-order valence-electron chi connectivity index (χ1n) is 3.46. The number of aliphatic imine (C=N–C) groups is 1. The quantitative estimate of drug-likeness (QED) is 0.184. The van der Waals surface area contributed by atoms with Gasteiger partial charge >= 0.3 is 0 Å². The van der Waals surface area contributed by atoms with Gasteiger partial charge in [-0.15, -0.1) is 0 Å². The summed E-state index contributed by atoms with van der Waals surface area (Å²) in [6, 6.07) is 0. The molecule has 0 aliphatic rings. The maximum Gasteiger partial charge on any atom is 0.269 e. The fourth-order valence-corrected chi connectivity index (χ4v) is 1.40. The largest absolute Gasteiger partial charge is 0.374 e. The zero-order valence-corrected chi connectivity index (χ0v) is 8.91. The van der Waals surface area contributed by atoms with Gasteiger partial charge in [-0.05, 0) is 0 Å². The predicted molar refractivity (Wildman–Crippen MR) is 45.0 cm³/mol. The molecule has 0 radical (unpaired) electrons. The van der Waals surface area contributed by atoms with E-state index in [4.69, 9.17) is 13.9 Å². The van der Waals surface area contributed by atoms with E-state index >= 15 is 0 Å². The van der Waals surface area contributed by atoms with Crippen LogP contribution < -0.4 is 0 Å². The SMILES string of the molecule is COC(C)(OC)O[SiH2]CN=C=O. The Bertz CT molecular complexity index is 165. The van der Waals surface area contributed by atoms with Gasteiger partial charge in [-0.2, -0.15) is 0 Å². The lowest BCUT2D eigenvalue weighted by molar-refractivity contribution is -0.310. The molecule has 5 nitrogen and oxygen atoms in total. The van der Waals surface area contributed by atoms with Crippen molar-refractivity contribution < 1.29 is 18.7 Å². The van der Waals surface area contributed by atoms with Crippen LogP contribution in [0.25, 0.3) is 0 Å². The Morgan fingerprint density at radius 1 is 1.50 bits per heavy atom. The van der Waals surface area contributed by atoms with Gasteiger partial charge in [0.15, 0.2) is 9.76 Å². The second kappa shape index (κ2) is 6.04. The zero-order valence-electron chi connectivity index (χ0n) is 7.49. The number of hydrogen-bond acceptors (Lipinski definition) is 5. The van der Waals surface area contributed by atoms with Crippen LogP contribution in [0.2, 0.25) is 0 Å². The van der Waals surface area contributed by atoms with Gasteiger partial charge in [0.05, 0.1) is 6.17 Å². The molecule has 0 atom stereocenters. The second-order valence-corrected chi connectivity index (χ2v) is 3.24. The third-order valence-corrected chi connectivity index (χ3v) is 2.51. The Morgan fingerprint density at radius 2 is 2.08 bits per heavy atom. The lowest BCUT2D eigenvalue weighted by Gasteiger charge is -2.25. The molecule has 0 fully saturated rings. The molecule has 0 N–H and O–H groups in total. The summed E-state index contributed by atoms with van der Waals surface area (Å²) in [5, 5.41) is 0. The molecule has 0 aromatic rings. The Hall–Kier alpha value is -0.523. The van der Waals surface area contributed by atoms with Crippen LogP contribution >= 0.6 is 0 Å². The van der Waals surface area contributed by atoms with Crippen molar-refractivity contribution in [3.05, 3.63) is 0 Å². The van der Waals surface area contributed by atoms with Crippen molar-refractivity contribution in [1.29, 1.82) is 0 Å². The molecule has 70 valence electrons. The number of methoxy groups -OCH3 is 2. The minimum absolute atomic E-state index is 0.395. The summed E-state index contributed by atoms with van der Waals surface area (Å²) in [6.45, 7) is 1.66. The van der Waals surface area contributed by atoms with E-state index in [0.717, 1.165) is 0 Å². The van der Waals surface area contributed by atoms with Gasteiger partial charge in [0, 0.05) is 21.1 Å². The Balaban J connectivity index is 3.65. The van der Waals surface area contributed by atoms with Crippen molar-refractivity contribution in [3.63, 3.8) is 0 Å². The summed E-state index contributed by atoms with van der Waals surface area (Å²) >= 11 is 0. The summed E-state index contributed by atoms with van der Waals surface area (Å²) in [5.74, 6) is -0.995. The molecule has 0 bridgehead atoms. The number of isocyanates is 1. The molecule has 0 aliphatic carbocycles. The molecule has 6 heteroatoms. The highest BCUT2D eigenvalue weighted by molar-refractivity contribution is 6.27. The van der Waals surface area contributed by atoms with Crippen LogP contribution in [0.3, 0.4) is 0 Å². The molecule has 12 heavy (non-hydrogen) atoms. The van der Waals surface area contributed by atoms with E-state index in [9.17, 15) is 4.79 Å². The summed E-state index contributed by atoms with van der Waals surface area (Å²) < 4.78 is 15.1. The van der Waals surface area contributed by atoms with Crippen LogP contribution in [0.5, 0.6) is 0 Å². The highest BCUT2D eigenvalue weighted by atomic mass is 28.2. The second-order valence-electron chi connectivity index (χ2n) is 2.09. The third-order valence-electron chi connectivity index (χ3n) is 1.37. The molecule has 0 aliphatic heterocycles. The van der Waals surface area contributed by atoms with Crippen molar-refractivity contribution in [1.82, 2.24) is 0 Å². The van der Waals surface area contributed by atoms with Gasteiger partial charge in [0.25, 0.3) is 5.97 Å². The van der Waals surface area contributed by atoms with Crippen molar-refractivity contribution in [3.8, 4) is 0 Å². The Labute approximate surface area is 73.7 Å². The molecule has 0 saturated heterocycles. The van der Waals surface area contributed by atoms with E-state index in [1.807, 2.05) is 0 Å². The minimum Gasteiger partial charge on any atom is -0.374 e. The fourth-order valence-electron chi connectivity index (χ4n) is 0.524. The van der Waals surface area contributed by atoms with E-state index in [-0.39, 0.29) is 0 Å². The smallest absolute Gasteiger partial charge is 0.269 e. The number of ether oxygens (including phenoxy) is 2. The monoisotopic (exact) mass is 191 g/mol.